The van der Waals surface area contributed by atoms with Gasteiger partial charge in [0.05, 0.1) is 5.34 Å². The Morgan fingerprint density at radius 3 is 2.73 bits per heavy atom. The van der Waals surface area contributed by atoms with Crippen LogP contribution in [0.5, 0.6) is 5.88 Å². The summed E-state index contributed by atoms with van der Waals surface area (Å²) < 4.78 is 0. The third-order valence-corrected chi connectivity index (χ3v) is 1.29. The Kier molecular flexibility index (Phi) is 9.92. The van der Waals surface area contributed by atoms with Gasteiger partial charge < -0.3 is 10.1 Å². The van der Waals surface area contributed by atoms with Crippen LogP contribution in [0.1, 0.15) is 0 Å². The van der Waals surface area contributed by atoms with Gasteiger partial charge >= 0.3 is 11.8 Å². The number of nitrogens with zero attached hydrogens (tertiary/aromatic N) is 6. The van der Waals surface area contributed by atoms with Gasteiger partial charge in [-0.25, -0.2) is 15.5 Å². The van der Waals surface area contributed by atoms with Crippen LogP contribution >= 0.6 is 0 Å². The summed E-state index contributed by atoms with van der Waals surface area (Å²) in [5.41, 5.74) is 0. The minimum absolute atomic E-state index is 0.0285. The van der Waals surface area contributed by atoms with E-state index in [4.69, 9.17) is 16.9 Å². The number of aromatic nitrogens is 2. The molecular formula is C6H8N8O8. The van der Waals surface area contributed by atoms with Crippen LogP contribution in [0, 0.1) is 22.5 Å². The molecule has 16 heteroatoms. The molecule has 22 heavy (non-hydrogen) atoms. The van der Waals surface area contributed by atoms with Crippen molar-refractivity contribution >= 4 is 12.2 Å². The van der Waals surface area contributed by atoms with Crippen molar-refractivity contribution in [1.82, 2.24) is 15.3 Å². The number of rotatable bonds is 7. The van der Waals surface area contributed by atoms with E-state index in [1.54, 1.807) is 0 Å². The summed E-state index contributed by atoms with van der Waals surface area (Å²) in [5, 5.41) is 34.3. The van der Waals surface area contributed by atoms with Gasteiger partial charge in [-0.3, -0.25) is 4.89 Å². The number of aromatic amines is 1. The first kappa shape index (κ1) is 18.8. The molecule has 5 N–H and O–H groups in total. The van der Waals surface area contributed by atoms with E-state index in [9.17, 15) is 10.1 Å². The highest BCUT2D eigenvalue weighted by Gasteiger charge is 2.11. The topological polar surface area (TPSA) is 216 Å². The van der Waals surface area contributed by atoms with Crippen LogP contribution in [0.4, 0.5) is 5.95 Å². The van der Waals surface area contributed by atoms with Crippen molar-refractivity contribution in [2.45, 2.75) is 0 Å². The highest BCUT2D eigenvalue weighted by atomic mass is 17.4. The lowest BCUT2D eigenvalue weighted by Crippen LogP contribution is -2.13. The first-order valence-corrected chi connectivity index (χ1v) is 4.63. The van der Waals surface area contributed by atoms with Gasteiger partial charge in [-0.15, -0.1) is 11.5 Å². The molecule has 120 valence electrons. The van der Waals surface area contributed by atoms with Crippen molar-refractivity contribution in [2.24, 2.45) is 21.4 Å². The molecule has 0 saturated carbocycles. The van der Waals surface area contributed by atoms with Crippen LogP contribution in [0.3, 0.4) is 0 Å². The molecule has 0 saturated heterocycles. The molecule has 0 aliphatic heterocycles. The van der Waals surface area contributed by atoms with Gasteiger partial charge in [0.1, 0.15) is 6.21 Å². The summed E-state index contributed by atoms with van der Waals surface area (Å²) in [7, 11) is 0. The normalized spacial score (nSPS) is 10.1. The Bertz CT molecular complexity index is 533. The van der Waals surface area contributed by atoms with Crippen LogP contribution in [-0.2, 0) is 15.0 Å². The van der Waals surface area contributed by atoms with E-state index in [0.29, 0.717) is 0 Å². The number of imidazole rings is 1. The van der Waals surface area contributed by atoms with Crippen LogP contribution in [0.25, 0.3) is 0 Å². The number of hydrogen-bond acceptors (Lipinski definition) is 12. The number of nitrogens with two attached hydrogens (primary N) is 1. The molecule has 0 bridgehead atoms. The predicted molar refractivity (Wildman–Crippen MR) is 62.6 cm³/mol. The first-order chi connectivity index (χ1) is 10.6. The third kappa shape index (κ3) is 8.07. The zero-order valence-electron chi connectivity index (χ0n) is 10.3. The molecular weight excluding hydrogens is 312 g/mol. The van der Waals surface area contributed by atoms with E-state index in [-0.39, 0.29) is 11.2 Å². The summed E-state index contributed by atoms with van der Waals surface area (Å²) in [6.45, 7) is 0. The first-order valence-electron chi connectivity index (χ1n) is 4.63. The second kappa shape index (κ2) is 11.6. The van der Waals surface area contributed by atoms with Crippen molar-refractivity contribution < 1.29 is 35.3 Å². The van der Waals surface area contributed by atoms with Crippen molar-refractivity contribution in [2.75, 3.05) is 0 Å². The van der Waals surface area contributed by atoms with E-state index in [1.807, 2.05) is 5.92 Å². The summed E-state index contributed by atoms with van der Waals surface area (Å²) in [6.07, 6.45) is 6.79. The van der Waals surface area contributed by atoms with Crippen molar-refractivity contribution in [3.63, 3.8) is 0 Å². The standard InChI is InChI=1S/2C3H4N4O4/c4-11-10-2-1-5-3(6-2)7(8)9;1-2-3-4-5-6-7(10-8)11-9/h1H,4H2,(H,5,6);1,3,8-9H/b;4-3+,6-5+. The molecule has 0 aliphatic carbocycles. The molecule has 0 amide bonds. The third-order valence-electron chi connectivity index (χ3n) is 1.29. The van der Waals surface area contributed by atoms with Gasteiger partial charge in [-0.05, 0) is 10.1 Å². The Morgan fingerprint density at radius 2 is 2.27 bits per heavy atom. The smallest absolute Gasteiger partial charge is 0.390 e. The van der Waals surface area contributed by atoms with E-state index in [1.165, 1.54) is 0 Å². The van der Waals surface area contributed by atoms with E-state index < -0.39 is 10.9 Å². The van der Waals surface area contributed by atoms with Crippen molar-refractivity contribution in [3.05, 3.63) is 16.3 Å². The molecule has 0 spiro atoms. The maximum atomic E-state index is 10.0. The van der Waals surface area contributed by atoms with Gasteiger partial charge in [0, 0.05) is 5.22 Å². The van der Waals surface area contributed by atoms with Crippen LogP contribution < -0.4 is 10.8 Å². The fraction of sp³-hybridized carbons (Fsp3) is 0. The number of hydrogen-bond donors (Lipinski definition) is 4. The molecule has 0 radical (unpaired) electrons. The van der Waals surface area contributed by atoms with Crippen molar-refractivity contribution in [1.29, 1.82) is 0 Å². The molecule has 0 aliphatic rings. The Hall–Kier alpha value is -3.20. The quantitative estimate of drug-likeness (QED) is 0.126. The van der Waals surface area contributed by atoms with E-state index in [2.05, 4.69) is 51.3 Å². The zero-order chi connectivity index (χ0) is 16.8. The summed E-state index contributed by atoms with van der Waals surface area (Å²) in [6, 6.07) is 0. The minimum atomic E-state index is -0.705. The van der Waals surface area contributed by atoms with E-state index in [0.717, 1.165) is 12.4 Å². The monoisotopic (exact) mass is 320 g/mol. The van der Waals surface area contributed by atoms with Gasteiger partial charge in [-0.1, -0.05) is 25.9 Å². The van der Waals surface area contributed by atoms with Crippen molar-refractivity contribution in [3.8, 4) is 18.2 Å². The number of H-pyrrole nitrogens is 1. The summed E-state index contributed by atoms with van der Waals surface area (Å²) >= 11 is 0. The lowest BCUT2D eigenvalue weighted by molar-refractivity contribution is -0.587. The fourth-order valence-corrected chi connectivity index (χ4v) is 0.644. The molecule has 1 rings (SSSR count). The Balaban J connectivity index is 0.000000401. The number of terminal acetylenes is 1. The highest BCUT2D eigenvalue weighted by molar-refractivity contribution is 5.76. The summed E-state index contributed by atoms with van der Waals surface area (Å²) in [5.74, 6) is 6.05. The molecule has 0 unspecified atom stereocenters. The molecule has 1 heterocycles. The van der Waals surface area contributed by atoms with Crippen LogP contribution in [0.15, 0.2) is 21.7 Å². The van der Waals surface area contributed by atoms with Crippen LogP contribution in [-0.4, -0.2) is 37.0 Å². The SMILES string of the molecule is C#C/C=N/N=N/N(OO)OO.NOOc1cnc([N+](=O)[O-])[nH]1. The fourth-order valence-electron chi connectivity index (χ4n) is 0.644. The zero-order valence-corrected chi connectivity index (χ0v) is 10.3. The van der Waals surface area contributed by atoms with E-state index >= 15 is 0 Å². The Morgan fingerprint density at radius 1 is 1.59 bits per heavy atom. The second-order valence-electron chi connectivity index (χ2n) is 2.50. The van der Waals surface area contributed by atoms with Crippen LogP contribution in [0.2, 0.25) is 0 Å². The highest BCUT2D eigenvalue weighted by Crippen LogP contribution is 2.10. The minimum Gasteiger partial charge on any atom is -0.390 e. The molecule has 16 nitrogen and oxygen atoms in total. The molecule has 0 atom stereocenters. The lowest BCUT2D eigenvalue weighted by atomic mass is 10.8. The summed E-state index contributed by atoms with van der Waals surface area (Å²) in [4.78, 5) is 29.2. The van der Waals surface area contributed by atoms with Gasteiger partial charge in [0.2, 0.25) is 0 Å². The van der Waals surface area contributed by atoms with Gasteiger partial charge in [0.15, 0.2) is 6.20 Å². The molecule has 1 aromatic heterocycles. The average Bonchev–Trinajstić information content (AvgIpc) is 2.98. The molecule has 0 fully saturated rings. The molecule has 1 aromatic rings. The Labute approximate surface area is 120 Å². The predicted octanol–water partition coefficient (Wildman–Crippen LogP) is -0.414. The maximum Gasteiger partial charge on any atom is 0.435 e. The second-order valence-corrected chi connectivity index (χ2v) is 2.50. The number of nitro groups is 1. The van der Waals surface area contributed by atoms with Gasteiger partial charge in [-0.2, -0.15) is 5.90 Å². The van der Waals surface area contributed by atoms with Gasteiger partial charge in [0.25, 0.3) is 0 Å². The number of nitrogens with one attached hydrogen (secondary N) is 1. The largest absolute Gasteiger partial charge is 0.435 e. The average molecular weight is 320 g/mol. The molecule has 0 aromatic carbocycles. The lowest BCUT2D eigenvalue weighted by Gasteiger charge is -2.01. The maximum absolute atomic E-state index is 10.0.